The Balaban J connectivity index is 3.85. The molecule has 3 N–H and O–H groups in total. The van der Waals surface area contributed by atoms with Crippen molar-refractivity contribution < 1.29 is 10.0 Å². The minimum absolute atomic E-state index is 0.0332. The molecule has 0 aliphatic rings. The van der Waals surface area contributed by atoms with Crippen molar-refractivity contribution in [3.8, 4) is 0 Å². The van der Waals surface area contributed by atoms with E-state index in [-0.39, 0.29) is 18.3 Å². The van der Waals surface area contributed by atoms with E-state index in [1.54, 1.807) is 7.05 Å². The summed E-state index contributed by atoms with van der Waals surface area (Å²) in [5.41, 5.74) is 5.14. The number of oxime groups is 1. The Labute approximate surface area is 59.1 Å². The smallest absolute Gasteiger partial charge is 0.233 e. The van der Waals surface area contributed by atoms with Crippen molar-refractivity contribution in [3.05, 3.63) is 0 Å². The first-order valence-electron chi connectivity index (χ1n) is 2.76. The molecule has 5 nitrogen and oxygen atoms in total. The van der Waals surface area contributed by atoms with E-state index in [9.17, 15) is 4.79 Å². The SMILES string of the molecule is CC(=O)CN(C)/C(N)=N\O. The molecule has 0 saturated heterocycles. The van der Waals surface area contributed by atoms with Gasteiger partial charge < -0.3 is 15.8 Å². The van der Waals surface area contributed by atoms with Crippen LogP contribution in [0.3, 0.4) is 0 Å². The Bertz CT molecular complexity index is 155. The zero-order valence-electron chi connectivity index (χ0n) is 6.03. The molecule has 0 saturated carbocycles. The third-order valence-electron chi connectivity index (χ3n) is 0.953. The number of ketones is 1. The summed E-state index contributed by atoms with van der Waals surface area (Å²) in [6.07, 6.45) is 0. The summed E-state index contributed by atoms with van der Waals surface area (Å²) in [4.78, 5) is 11.8. The van der Waals surface area contributed by atoms with Crippen molar-refractivity contribution >= 4 is 11.7 Å². The zero-order chi connectivity index (χ0) is 8.15. The maximum Gasteiger partial charge on any atom is 0.233 e. The van der Waals surface area contributed by atoms with Crippen LogP contribution in [0.25, 0.3) is 0 Å². The van der Waals surface area contributed by atoms with Crippen molar-refractivity contribution in [1.82, 2.24) is 4.90 Å². The lowest BCUT2D eigenvalue weighted by atomic mass is 10.4. The van der Waals surface area contributed by atoms with Gasteiger partial charge in [-0.15, -0.1) is 0 Å². The number of nitrogens with zero attached hydrogens (tertiary/aromatic N) is 2. The van der Waals surface area contributed by atoms with E-state index < -0.39 is 0 Å². The van der Waals surface area contributed by atoms with Gasteiger partial charge in [0.2, 0.25) is 5.96 Å². The maximum atomic E-state index is 10.4. The van der Waals surface area contributed by atoms with Gasteiger partial charge in [-0.25, -0.2) is 0 Å². The second kappa shape index (κ2) is 3.71. The largest absolute Gasteiger partial charge is 0.408 e. The van der Waals surface area contributed by atoms with E-state index >= 15 is 0 Å². The monoisotopic (exact) mass is 145 g/mol. The average Bonchev–Trinajstić information content (AvgIpc) is 1.85. The summed E-state index contributed by atoms with van der Waals surface area (Å²) in [7, 11) is 1.57. The van der Waals surface area contributed by atoms with Crippen LogP contribution in [0.5, 0.6) is 0 Å². The Morgan fingerprint density at radius 1 is 1.80 bits per heavy atom. The predicted octanol–water partition coefficient (Wildman–Crippen LogP) is -0.789. The number of likely N-dealkylation sites (N-methyl/N-ethyl adjacent to an activating group) is 1. The zero-order valence-corrected chi connectivity index (χ0v) is 6.03. The third-order valence-corrected chi connectivity index (χ3v) is 0.953. The number of nitrogens with two attached hydrogens (primary N) is 1. The van der Waals surface area contributed by atoms with Crippen LogP contribution in [0.1, 0.15) is 6.92 Å². The standard InChI is InChI=1S/C5H11N3O2/c1-4(9)3-8(2)5(6)7-10/h10H,3H2,1-2H3,(H2,6,7). The molecule has 0 aromatic heterocycles. The van der Waals surface area contributed by atoms with Gasteiger partial charge in [0.05, 0.1) is 6.54 Å². The number of rotatable bonds is 2. The molecule has 0 fully saturated rings. The summed E-state index contributed by atoms with van der Waals surface area (Å²) >= 11 is 0. The number of carbonyl (C=O) groups is 1. The first kappa shape index (κ1) is 8.74. The molecule has 0 amide bonds. The number of hydrogen-bond donors (Lipinski definition) is 2. The fraction of sp³-hybridized carbons (Fsp3) is 0.600. The molecule has 10 heavy (non-hydrogen) atoms. The van der Waals surface area contributed by atoms with Crippen molar-refractivity contribution in [3.63, 3.8) is 0 Å². The number of Topliss-reactive ketones (excluding diaryl/α,β-unsaturated/α-hetero) is 1. The minimum Gasteiger partial charge on any atom is -0.408 e. The van der Waals surface area contributed by atoms with E-state index in [0.717, 1.165) is 0 Å². The quantitative estimate of drug-likeness (QED) is 0.231. The highest BCUT2D eigenvalue weighted by Crippen LogP contribution is 1.81. The highest BCUT2D eigenvalue weighted by atomic mass is 16.4. The summed E-state index contributed by atoms with van der Waals surface area (Å²) in [6, 6.07) is 0. The van der Waals surface area contributed by atoms with Gasteiger partial charge in [0.15, 0.2) is 0 Å². The van der Waals surface area contributed by atoms with Crippen LogP contribution in [0, 0.1) is 0 Å². The Hall–Kier alpha value is -1.26. The average molecular weight is 145 g/mol. The lowest BCUT2D eigenvalue weighted by molar-refractivity contribution is -0.117. The van der Waals surface area contributed by atoms with Crippen LogP contribution in [-0.4, -0.2) is 35.4 Å². The third kappa shape index (κ3) is 2.91. The molecular formula is C5H11N3O2. The summed E-state index contributed by atoms with van der Waals surface area (Å²) < 4.78 is 0. The number of hydrogen-bond acceptors (Lipinski definition) is 3. The van der Waals surface area contributed by atoms with Gasteiger partial charge >= 0.3 is 0 Å². The first-order chi connectivity index (χ1) is 4.57. The van der Waals surface area contributed by atoms with Gasteiger partial charge in [-0.3, -0.25) is 4.79 Å². The molecule has 0 aromatic carbocycles. The fourth-order valence-corrected chi connectivity index (χ4v) is 0.491. The summed E-state index contributed by atoms with van der Waals surface area (Å²) in [5.74, 6) is -0.0932. The molecule has 0 rings (SSSR count). The van der Waals surface area contributed by atoms with E-state index in [0.29, 0.717) is 0 Å². The fourth-order valence-electron chi connectivity index (χ4n) is 0.491. The summed E-state index contributed by atoms with van der Waals surface area (Å²) in [5, 5.41) is 10.8. The van der Waals surface area contributed by atoms with Crippen molar-refractivity contribution in [1.29, 1.82) is 0 Å². The molecule has 0 heterocycles. The molecule has 0 aliphatic carbocycles. The van der Waals surface area contributed by atoms with Crippen LogP contribution in [0.15, 0.2) is 5.16 Å². The topological polar surface area (TPSA) is 78.9 Å². The molecule has 0 unspecified atom stereocenters. The van der Waals surface area contributed by atoms with Gasteiger partial charge in [-0.2, -0.15) is 0 Å². The van der Waals surface area contributed by atoms with Gasteiger partial charge in [-0.1, -0.05) is 5.16 Å². The van der Waals surface area contributed by atoms with E-state index in [1.807, 2.05) is 0 Å². The Morgan fingerprint density at radius 3 is 2.60 bits per heavy atom. The van der Waals surface area contributed by atoms with Crippen molar-refractivity contribution in [2.45, 2.75) is 6.92 Å². The Morgan fingerprint density at radius 2 is 2.30 bits per heavy atom. The molecule has 58 valence electrons. The molecule has 0 bridgehead atoms. The number of carbonyl (C=O) groups excluding carboxylic acids is 1. The van der Waals surface area contributed by atoms with E-state index in [1.165, 1.54) is 11.8 Å². The van der Waals surface area contributed by atoms with Gasteiger partial charge in [0, 0.05) is 7.05 Å². The van der Waals surface area contributed by atoms with Crippen LogP contribution < -0.4 is 5.73 Å². The van der Waals surface area contributed by atoms with E-state index in [4.69, 9.17) is 10.9 Å². The highest BCUT2D eigenvalue weighted by molar-refractivity contribution is 5.84. The first-order valence-corrected chi connectivity index (χ1v) is 2.76. The lowest BCUT2D eigenvalue weighted by Crippen LogP contribution is -2.36. The predicted molar refractivity (Wildman–Crippen MR) is 36.7 cm³/mol. The molecular weight excluding hydrogens is 134 g/mol. The van der Waals surface area contributed by atoms with Gasteiger partial charge in [0.1, 0.15) is 5.78 Å². The molecule has 0 radical (unpaired) electrons. The van der Waals surface area contributed by atoms with Crippen LogP contribution in [-0.2, 0) is 4.79 Å². The van der Waals surface area contributed by atoms with Crippen LogP contribution >= 0.6 is 0 Å². The second-order valence-electron chi connectivity index (χ2n) is 2.02. The van der Waals surface area contributed by atoms with Crippen molar-refractivity contribution in [2.24, 2.45) is 10.9 Å². The normalized spacial score (nSPS) is 11.2. The lowest BCUT2D eigenvalue weighted by Gasteiger charge is -2.13. The molecule has 0 aliphatic heterocycles. The molecule has 0 aromatic rings. The van der Waals surface area contributed by atoms with Crippen molar-refractivity contribution in [2.75, 3.05) is 13.6 Å². The molecule has 0 spiro atoms. The maximum absolute atomic E-state index is 10.4. The number of guanidine groups is 1. The molecule has 5 heteroatoms. The summed E-state index contributed by atoms with van der Waals surface area (Å²) in [6.45, 7) is 1.59. The van der Waals surface area contributed by atoms with Crippen LogP contribution in [0.4, 0.5) is 0 Å². The second-order valence-corrected chi connectivity index (χ2v) is 2.02. The molecule has 0 atom stereocenters. The van der Waals surface area contributed by atoms with Gasteiger partial charge in [0.25, 0.3) is 0 Å². The van der Waals surface area contributed by atoms with Crippen LogP contribution in [0.2, 0.25) is 0 Å². The van der Waals surface area contributed by atoms with E-state index in [2.05, 4.69) is 5.16 Å². The Kier molecular flexibility index (Phi) is 3.24. The van der Waals surface area contributed by atoms with Gasteiger partial charge in [-0.05, 0) is 6.92 Å². The highest BCUT2D eigenvalue weighted by Gasteiger charge is 2.03. The minimum atomic E-state index is -0.0600.